The van der Waals surface area contributed by atoms with Crippen LogP contribution in [0.5, 0.6) is 0 Å². The number of unbranched alkanes of at least 4 members (excludes halogenated alkanes) is 4. The molecule has 0 aliphatic heterocycles. The van der Waals surface area contributed by atoms with E-state index in [2.05, 4.69) is 61.8 Å². The van der Waals surface area contributed by atoms with Crippen LogP contribution in [0, 0.1) is 35.5 Å². The summed E-state index contributed by atoms with van der Waals surface area (Å²) in [6.07, 6.45) is 19.7. The maximum atomic E-state index is 3.43. The van der Waals surface area contributed by atoms with Gasteiger partial charge in [0.15, 0.2) is 0 Å². The lowest BCUT2D eigenvalue weighted by Crippen LogP contribution is -2.13. The maximum absolute atomic E-state index is 3.43. The van der Waals surface area contributed by atoms with Crippen LogP contribution in [-0.4, -0.2) is 0 Å². The zero-order valence-corrected chi connectivity index (χ0v) is 18.1. The molecule has 0 atom stereocenters. The van der Waals surface area contributed by atoms with Crippen molar-refractivity contribution in [3.05, 3.63) is 47.5 Å². The van der Waals surface area contributed by atoms with E-state index in [-0.39, 0.29) is 0 Å². The van der Waals surface area contributed by atoms with Gasteiger partial charge in [-0.25, -0.2) is 0 Å². The highest BCUT2D eigenvalue weighted by atomic mass is 14.2. The van der Waals surface area contributed by atoms with E-state index in [0.717, 1.165) is 11.5 Å². The Morgan fingerprint density at radius 1 is 0.821 bits per heavy atom. The van der Waals surface area contributed by atoms with E-state index in [1.165, 1.54) is 82.6 Å². The van der Waals surface area contributed by atoms with E-state index in [4.69, 9.17) is 0 Å². The van der Waals surface area contributed by atoms with Gasteiger partial charge in [0.25, 0.3) is 0 Å². The first kappa shape index (κ1) is 22.4. The Kier molecular flexibility index (Phi) is 11.3. The van der Waals surface area contributed by atoms with Crippen molar-refractivity contribution >= 4 is 0 Å². The Bertz CT molecular complexity index is 676. The minimum Gasteiger partial charge on any atom is -0.0951 e. The van der Waals surface area contributed by atoms with Crippen molar-refractivity contribution in [3.8, 4) is 23.7 Å². The van der Waals surface area contributed by atoms with E-state index < -0.39 is 0 Å². The predicted molar refractivity (Wildman–Crippen MR) is 123 cm³/mol. The molecule has 0 aromatic heterocycles. The molecule has 0 N–H and O–H groups in total. The normalized spacial score (nSPS) is 18.9. The van der Waals surface area contributed by atoms with Gasteiger partial charge in [0, 0.05) is 11.5 Å². The average Bonchev–Trinajstić information content (AvgIpc) is 2.74. The van der Waals surface area contributed by atoms with Gasteiger partial charge in [0.1, 0.15) is 0 Å². The Hall–Kier alpha value is -1.92. The van der Waals surface area contributed by atoms with Crippen molar-refractivity contribution in [2.75, 3.05) is 0 Å². The van der Waals surface area contributed by atoms with Gasteiger partial charge < -0.3 is 0 Å². The second kappa shape index (κ2) is 14.1. The third kappa shape index (κ3) is 9.33. The largest absolute Gasteiger partial charge is 0.0951 e. The SMILES string of the molecule is CCCCCCc1ccc(C#CC=CC#CC2CCC(CCCC)CC2)cc1. The molecule has 0 bridgehead atoms. The van der Waals surface area contributed by atoms with E-state index in [1.807, 2.05) is 12.2 Å². The highest BCUT2D eigenvalue weighted by Crippen LogP contribution is 2.31. The minimum atomic E-state index is 0.598. The molecule has 2 rings (SSSR count). The van der Waals surface area contributed by atoms with Crippen LogP contribution >= 0.6 is 0 Å². The molecule has 0 heterocycles. The zero-order valence-electron chi connectivity index (χ0n) is 18.1. The molecule has 0 unspecified atom stereocenters. The molecule has 1 fully saturated rings. The van der Waals surface area contributed by atoms with Crippen molar-refractivity contribution in [2.45, 2.75) is 90.9 Å². The number of hydrogen-bond acceptors (Lipinski definition) is 0. The lowest BCUT2D eigenvalue weighted by Gasteiger charge is -2.25. The Balaban J connectivity index is 1.69. The van der Waals surface area contributed by atoms with Crippen LogP contribution in [0.1, 0.15) is 95.6 Å². The number of aryl methyl sites for hydroxylation is 1. The van der Waals surface area contributed by atoms with E-state index in [0.29, 0.717) is 5.92 Å². The second-order valence-corrected chi connectivity index (χ2v) is 8.26. The Morgan fingerprint density at radius 2 is 1.54 bits per heavy atom. The number of allylic oxidation sites excluding steroid dienone is 2. The van der Waals surface area contributed by atoms with Crippen molar-refractivity contribution < 1.29 is 0 Å². The van der Waals surface area contributed by atoms with E-state index in [9.17, 15) is 0 Å². The van der Waals surface area contributed by atoms with E-state index >= 15 is 0 Å². The van der Waals surface area contributed by atoms with Crippen LogP contribution in [0.25, 0.3) is 0 Å². The minimum absolute atomic E-state index is 0.598. The quantitative estimate of drug-likeness (QED) is 0.323. The van der Waals surface area contributed by atoms with Crippen molar-refractivity contribution in [2.24, 2.45) is 11.8 Å². The fourth-order valence-corrected chi connectivity index (χ4v) is 3.97. The van der Waals surface area contributed by atoms with Crippen molar-refractivity contribution in [3.63, 3.8) is 0 Å². The van der Waals surface area contributed by atoms with Crippen molar-refractivity contribution in [1.29, 1.82) is 0 Å². The monoisotopic (exact) mass is 374 g/mol. The number of hydrogen-bond donors (Lipinski definition) is 0. The van der Waals surface area contributed by atoms with Crippen LogP contribution < -0.4 is 0 Å². The van der Waals surface area contributed by atoms with E-state index in [1.54, 1.807) is 0 Å². The summed E-state index contributed by atoms with van der Waals surface area (Å²) in [6.45, 7) is 4.55. The smallest absolute Gasteiger partial charge is 0.0249 e. The van der Waals surface area contributed by atoms with Crippen LogP contribution in [0.2, 0.25) is 0 Å². The summed E-state index contributed by atoms with van der Waals surface area (Å²) in [5.41, 5.74) is 2.51. The second-order valence-electron chi connectivity index (χ2n) is 8.26. The summed E-state index contributed by atoms with van der Waals surface area (Å²) in [6, 6.07) is 8.71. The maximum Gasteiger partial charge on any atom is 0.0249 e. The predicted octanol–water partition coefficient (Wildman–Crippen LogP) is 7.72. The van der Waals surface area contributed by atoms with Crippen LogP contribution in [0.15, 0.2) is 36.4 Å². The lowest BCUT2D eigenvalue weighted by molar-refractivity contribution is 0.296. The number of benzene rings is 1. The molecule has 0 saturated heterocycles. The molecule has 1 aliphatic carbocycles. The molecule has 0 radical (unpaired) electrons. The van der Waals surface area contributed by atoms with Gasteiger partial charge in [0.2, 0.25) is 0 Å². The van der Waals surface area contributed by atoms with Gasteiger partial charge in [-0.1, -0.05) is 88.2 Å². The van der Waals surface area contributed by atoms with Crippen LogP contribution in [-0.2, 0) is 6.42 Å². The summed E-state index contributed by atoms with van der Waals surface area (Å²) < 4.78 is 0. The fourth-order valence-electron chi connectivity index (χ4n) is 3.97. The molecule has 150 valence electrons. The summed E-state index contributed by atoms with van der Waals surface area (Å²) in [5.74, 6) is 14.5. The summed E-state index contributed by atoms with van der Waals surface area (Å²) >= 11 is 0. The van der Waals surface area contributed by atoms with Gasteiger partial charge in [0.05, 0.1) is 0 Å². The van der Waals surface area contributed by atoms with Gasteiger partial charge >= 0.3 is 0 Å². The van der Waals surface area contributed by atoms with Crippen molar-refractivity contribution in [1.82, 2.24) is 0 Å². The molecule has 0 heteroatoms. The molecular formula is C28H38. The highest BCUT2D eigenvalue weighted by molar-refractivity contribution is 5.39. The van der Waals surface area contributed by atoms with Crippen LogP contribution in [0.4, 0.5) is 0 Å². The topological polar surface area (TPSA) is 0 Å². The lowest BCUT2D eigenvalue weighted by atomic mass is 9.80. The molecule has 1 saturated carbocycles. The standard InChI is InChI=1S/C28H38/c1-3-5-7-10-14-26-21-23-28(24-22-26)16-12-9-8-11-15-27-19-17-25(18-20-27)13-6-4-2/h8-9,21-25,27H,3-7,10,13-14,17-20H2,1-2H3. The molecule has 0 nitrogen and oxygen atoms in total. The molecule has 1 aliphatic rings. The molecule has 1 aromatic carbocycles. The molecule has 0 amide bonds. The van der Waals surface area contributed by atoms with Gasteiger partial charge in [-0.15, -0.1) is 0 Å². The fraction of sp³-hybridized carbons (Fsp3) is 0.571. The third-order valence-electron chi connectivity index (χ3n) is 5.84. The summed E-state index contributed by atoms with van der Waals surface area (Å²) in [4.78, 5) is 0. The highest BCUT2D eigenvalue weighted by Gasteiger charge is 2.18. The molecule has 28 heavy (non-hydrogen) atoms. The molecular weight excluding hydrogens is 336 g/mol. The Morgan fingerprint density at radius 3 is 2.25 bits per heavy atom. The van der Waals surface area contributed by atoms with Gasteiger partial charge in [-0.3, -0.25) is 0 Å². The first-order valence-electron chi connectivity index (χ1n) is 11.6. The molecule has 0 spiro atoms. The first-order valence-corrected chi connectivity index (χ1v) is 11.6. The van der Waals surface area contributed by atoms with Gasteiger partial charge in [-0.05, 0) is 74.3 Å². The van der Waals surface area contributed by atoms with Gasteiger partial charge in [-0.2, -0.15) is 0 Å². The Labute approximate surface area is 174 Å². The third-order valence-corrected chi connectivity index (χ3v) is 5.84. The molecule has 1 aromatic rings. The first-order chi connectivity index (χ1) is 13.8. The van der Waals surface area contributed by atoms with Crippen LogP contribution in [0.3, 0.4) is 0 Å². The average molecular weight is 375 g/mol. The summed E-state index contributed by atoms with van der Waals surface area (Å²) in [5, 5.41) is 0. The number of rotatable bonds is 8. The zero-order chi connectivity index (χ0) is 19.9. The summed E-state index contributed by atoms with van der Waals surface area (Å²) in [7, 11) is 0.